The van der Waals surface area contributed by atoms with Crippen molar-refractivity contribution in [2.45, 2.75) is 411 Å². The molecule has 0 heterocycles. The van der Waals surface area contributed by atoms with Crippen LogP contribution in [0.1, 0.15) is 399 Å². The number of unbranched alkanes of at least 4 members (excludes halogenated alkanes) is 52. The number of esters is 1. The first-order valence-corrected chi connectivity index (χ1v) is 35.6. The molecule has 0 bridgehead atoms. The molecule has 78 heavy (non-hydrogen) atoms. The summed E-state index contributed by atoms with van der Waals surface area (Å²) in [6.45, 7) is 4.95. The number of amides is 1. The summed E-state index contributed by atoms with van der Waals surface area (Å²) in [5.41, 5.74) is 0. The molecule has 2 unspecified atom stereocenters. The summed E-state index contributed by atoms with van der Waals surface area (Å²) in [5, 5.41) is 23.4. The van der Waals surface area contributed by atoms with Gasteiger partial charge in [0.2, 0.25) is 5.91 Å². The Morgan fingerprint density at radius 2 is 0.615 bits per heavy atom. The summed E-state index contributed by atoms with van der Waals surface area (Å²) < 4.78 is 5.46. The number of rotatable bonds is 67. The SMILES string of the molecule is CCCC/C=C\CCCCCCCC(=O)OCCCCCCCCCCCCCC/C=C\CCCCCCCCCCCCC(=O)NC(CO)C(O)CCCCCCCCCCCCCCCCCCCCCCCCCC. The van der Waals surface area contributed by atoms with Crippen LogP contribution in [-0.4, -0.2) is 47.4 Å². The van der Waals surface area contributed by atoms with Crippen LogP contribution in [0.25, 0.3) is 0 Å². The van der Waals surface area contributed by atoms with Gasteiger partial charge in [-0.05, 0) is 70.6 Å². The van der Waals surface area contributed by atoms with E-state index in [0.29, 0.717) is 25.9 Å². The van der Waals surface area contributed by atoms with Crippen molar-refractivity contribution >= 4 is 11.9 Å². The summed E-state index contributed by atoms with van der Waals surface area (Å²) in [4.78, 5) is 24.6. The van der Waals surface area contributed by atoms with Gasteiger partial charge in [0.1, 0.15) is 0 Å². The highest BCUT2D eigenvalue weighted by molar-refractivity contribution is 5.76. The zero-order valence-electron chi connectivity index (χ0n) is 52.9. The van der Waals surface area contributed by atoms with E-state index in [1.807, 2.05) is 0 Å². The second kappa shape index (κ2) is 67.8. The quantitative estimate of drug-likeness (QED) is 0.0320. The molecule has 0 aliphatic heterocycles. The number of allylic oxidation sites excluding steroid dienone is 4. The Morgan fingerprint density at radius 1 is 0.346 bits per heavy atom. The zero-order valence-corrected chi connectivity index (χ0v) is 52.9. The highest BCUT2D eigenvalue weighted by Crippen LogP contribution is 2.19. The largest absolute Gasteiger partial charge is 0.466 e. The number of nitrogens with one attached hydrogen (secondary N) is 1. The summed E-state index contributed by atoms with van der Waals surface area (Å²) in [5.74, 6) is -0.0281. The van der Waals surface area contributed by atoms with Gasteiger partial charge in [0.25, 0.3) is 0 Å². The van der Waals surface area contributed by atoms with Crippen molar-refractivity contribution in [2.75, 3.05) is 13.2 Å². The minimum Gasteiger partial charge on any atom is -0.466 e. The van der Waals surface area contributed by atoms with Crippen LogP contribution in [0, 0.1) is 0 Å². The first kappa shape index (κ1) is 76.3. The molecule has 0 spiro atoms. The second-order valence-electron chi connectivity index (χ2n) is 24.6. The fourth-order valence-electron chi connectivity index (χ4n) is 11.3. The van der Waals surface area contributed by atoms with Crippen LogP contribution in [0.4, 0.5) is 0 Å². The number of carbonyl (C=O) groups is 2. The molecule has 0 radical (unpaired) electrons. The lowest BCUT2D eigenvalue weighted by Crippen LogP contribution is -2.45. The molecule has 2 atom stereocenters. The third-order valence-corrected chi connectivity index (χ3v) is 16.7. The lowest BCUT2D eigenvalue weighted by Gasteiger charge is -2.22. The van der Waals surface area contributed by atoms with E-state index in [9.17, 15) is 19.8 Å². The Morgan fingerprint density at radius 3 is 0.949 bits per heavy atom. The number of carbonyl (C=O) groups excluding carboxylic acids is 2. The standard InChI is InChI=1S/C72H139NO5/c1-3-5-7-9-11-13-15-16-17-18-19-20-21-26-29-32-35-38-41-45-48-52-56-60-64-70(75)69(68-74)73-71(76)65-61-57-53-49-46-42-39-36-33-30-27-24-22-23-25-28-31-34-37-40-43-47-51-55-59-63-67-78-72(77)66-62-58-54-50-44-14-12-10-8-6-4-2/h10,12,22,24,69-70,74-75H,3-9,11,13-21,23,25-68H2,1-2H3,(H,73,76)/b12-10-,24-22-. The molecule has 0 aromatic rings. The van der Waals surface area contributed by atoms with E-state index in [4.69, 9.17) is 4.74 Å². The lowest BCUT2D eigenvalue weighted by atomic mass is 10.0. The molecule has 6 nitrogen and oxygen atoms in total. The van der Waals surface area contributed by atoms with Gasteiger partial charge in [-0.15, -0.1) is 0 Å². The average molecular weight is 1100 g/mol. The third kappa shape index (κ3) is 63.5. The fraction of sp³-hybridized carbons (Fsp3) is 0.917. The van der Waals surface area contributed by atoms with E-state index in [0.717, 1.165) is 44.9 Å². The van der Waals surface area contributed by atoms with Gasteiger partial charge in [-0.1, -0.05) is 340 Å². The van der Waals surface area contributed by atoms with Gasteiger partial charge in [-0.2, -0.15) is 0 Å². The van der Waals surface area contributed by atoms with E-state index in [1.54, 1.807) is 0 Å². The maximum Gasteiger partial charge on any atom is 0.305 e. The zero-order chi connectivity index (χ0) is 56.4. The van der Waals surface area contributed by atoms with Crippen molar-refractivity contribution in [1.82, 2.24) is 5.32 Å². The predicted octanol–water partition coefficient (Wildman–Crippen LogP) is 22.9. The van der Waals surface area contributed by atoms with Crippen LogP contribution in [0.3, 0.4) is 0 Å². The molecule has 0 saturated carbocycles. The molecule has 0 aromatic carbocycles. The van der Waals surface area contributed by atoms with Crippen molar-refractivity contribution in [3.8, 4) is 0 Å². The average Bonchev–Trinajstić information content (AvgIpc) is 3.44. The van der Waals surface area contributed by atoms with Gasteiger partial charge in [-0.25, -0.2) is 0 Å². The first-order valence-electron chi connectivity index (χ1n) is 35.6. The Kier molecular flexibility index (Phi) is 66.4. The second-order valence-corrected chi connectivity index (χ2v) is 24.6. The molecule has 1 amide bonds. The fourth-order valence-corrected chi connectivity index (χ4v) is 11.3. The van der Waals surface area contributed by atoms with Crippen molar-refractivity contribution in [3.63, 3.8) is 0 Å². The molecule has 462 valence electrons. The Hall–Kier alpha value is -1.66. The van der Waals surface area contributed by atoms with Gasteiger partial charge < -0.3 is 20.3 Å². The number of hydrogen-bond acceptors (Lipinski definition) is 5. The minimum absolute atomic E-state index is 0.00394. The molecule has 6 heteroatoms. The van der Waals surface area contributed by atoms with Gasteiger partial charge in [0.05, 0.1) is 25.4 Å². The van der Waals surface area contributed by atoms with Crippen LogP contribution in [-0.2, 0) is 14.3 Å². The number of aliphatic hydroxyl groups excluding tert-OH is 2. The van der Waals surface area contributed by atoms with E-state index in [-0.39, 0.29) is 18.5 Å². The third-order valence-electron chi connectivity index (χ3n) is 16.7. The van der Waals surface area contributed by atoms with E-state index in [1.165, 1.54) is 321 Å². The number of hydrogen-bond donors (Lipinski definition) is 3. The van der Waals surface area contributed by atoms with Crippen LogP contribution < -0.4 is 5.32 Å². The molecule has 0 saturated heterocycles. The van der Waals surface area contributed by atoms with E-state index < -0.39 is 12.1 Å². The van der Waals surface area contributed by atoms with Crippen LogP contribution in [0.5, 0.6) is 0 Å². The molecule has 3 N–H and O–H groups in total. The molecule has 0 aliphatic carbocycles. The molecule has 0 fully saturated rings. The molecular weight excluding hydrogens is 959 g/mol. The molecule has 0 rings (SSSR count). The maximum absolute atomic E-state index is 12.6. The highest BCUT2D eigenvalue weighted by Gasteiger charge is 2.20. The Labute approximate surface area is 488 Å². The number of aliphatic hydroxyl groups is 2. The van der Waals surface area contributed by atoms with Gasteiger partial charge in [-0.3, -0.25) is 9.59 Å². The van der Waals surface area contributed by atoms with Crippen molar-refractivity contribution < 1.29 is 24.5 Å². The van der Waals surface area contributed by atoms with Crippen molar-refractivity contribution in [1.29, 1.82) is 0 Å². The predicted molar refractivity (Wildman–Crippen MR) is 343 cm³/mol. The van der Waals surface area contributed by atoms with E-state index in [2.05, 4.69) is 43.5 Å². The van der Waals surface area contributed by atoms with Gasteiger partial charge >= 0.3 is 5.97 Å². The molecule has 0 aromatic heterocycles. The first-order chi connectivity index (χ1) is 38.5. The maximum atomic E-state index is 12.6. The van der Waals surface area contributed by atoms with Crippen molar-refractivity contribution in [3.05, 3.63) is 24.3 Å². The molecular formula is C72H139NO5. The highest BCUT2D eigenvalue weighted by atomic mass is 16.5. The van der Waals surface area contributed by atoms with Crippen LogP contribution in [0.2, 0.25) is 0 Å². The minimum atomic E-state index is -0.667. The monoisotopic (exact) mass is 1100 g/mol. The Bertz CT molecular complexity index is 1220. The summed E-state index contributed by atoms with van der Waals surface area (Å²) in [6, 6.07) is -0.544. The molecule has 0 aliphatic rings. The Balaban J connectivity index is 3.40. The topological polar surface area (TPSA) is 95.9 Å². The summed E-state index contributed by atoms with van der Waals surface area (Å²) >= 11 is 0. The summed E-state index contributed by atoms with van der Waals surface area (Å²) in [6.07, 6.45) is 85.2. The van der Waals surface area contributed by atoms with Gasteiger partial charge in [0, 0.05) is 12.8 Å². The van der Waals surface area contributed by atoms with Crippen LogP contribution in [0.15, 0.2) is 24.3 Å². The van der Waals surface area contributed by atoms with Gasteiger partial charge in [0.15, 0.2) is 0 Å². The smallest absolute Gasteiger partial charge is 0.305 e. The number of ether oxygens (including phenoxy) is 1. The van der Waals surface area contributed by atoms with Crippen molar-refractivity contribution in [2.24, 2.45) is 0 Å². The summed E-state index contributed by atoms with van der Waals surface area (Å²) in [7, 11) is 0. The van der Waals surface area contributed by atoms with Crippen LogP contribution >= 0.6 is 0 Å². The van der Waals surface area contributed by atoms with E-state index >= 15 is 0 Å². The lowest BCUT2D eigenvalue weighted by molar-refractivity contribution is -0.143. The normalized spacial score (nSPS) is 12.6.